The van der Waals surface area contributed by atoms with Crippen molar-refractivity contribution in [2.24, 2.45) is 0 Å². The quantitative estimate of drug-likeness (QED) is 0.460. The number of aromatic nitrogens is 3. The summed E-state index contributed by atoms with van der Waals surface area (Å²) in [7, 11) is 1.67. The molecule has 2 aromatic carbocycles. The number of carbonyl (C=O) groups excluding carboxylic acids is 1. The maximum Gasteiger partial charge on any atom is 0.242 e. The van der Waals surface area contributed by atoms with Crippen molar-refractivity contribution in [1.82, 2.24) is 19.7 Å². The van der Waals surface area contributed by atoms with Crippen LogP contribution in [0.2, 0.25) is 0 Å². The number of benzene rings is 2. The third-order valence-electron chi connectivity index (χ3n) is 6.28. The minimum Gasteiger partial charge on any atom is -0.496 e. The topological polar surface area (TPSA) is 108 Å². The van der Waals surface area contributed by atoms with Gasteiger partial charge in [-0.2, -0.15) is 10.4 Å². The number of anilines is 1. The summed E-state index contributed by atoms with van der Waals surface area (Å²) in [5.74, 6) is 0.777. The molecule has 1 saturated heterocycles. The monoisotopic (exact) mass is 458 g/mol. The van der Waals surface area contributed by atoms with E-state index in [4.69, 9.17) is 14.6 Å². The summed E-state index contributed by atoms with van der Waals surface area (Å²) in [4.78, 5) is 17.7. The van der Waals surface area contributed by atoms with Crippen molar-refractivity contribution in [1.29, 1.82) is 5.26 Å². The fraction of sp³-hybridized carbons (Fsp3) is 0.320. The first-order valence-corrected chi connectivity index (χ1v) is 11.2. The number of fused-ring (bicyclic) bond motifs is 2. The number of H-pyrrole nitrogens is 1. The number of aryl methyl sites for hydroxylation is 1. The molecule has 0 saturated carbocycles. The lowest BCUT2D eigenvalue weighted by Gasteiger charge is -2.27. The van der Waals surface area contributed by atoms with Crippen LogP contribution in [0, 0.1) is 18.3 Å². The molecule has 9 heteroatoms. The van der Waals surface area contributed by atoms with Crippen molar-refractivity contribution in [2.45, 2.75) is 13.5 Å². The predicted octanol–water partition coefficient (Wildman–Crippen LogP) is 3.03. The fourth-order valence-electron chi connectivity index (χ4n) is 4.52. The molecule has 174 valence electrons. The van der Waals surface area contributed by atoms with Crippen LogP contribution in [0.25, 0.3) is 21.8 Å². The minimum absolute atomic E-state index is 0.0251. The van der Waals surface area contributed by atoms with Gasteiger partial charge in [0.15, 0.2) is 0 Å². The zero-order valence-corrected chi connectivity index (χ0v) is 19.2. The van der Waals surface area contributed by atoms with E-state index in [0.717, 1.165) is 33.2 Å². The molecule has 0 aliphatic carbocycles. The van der Waals surface area contributed by atoms with E-state index < -0.39 is 0 Å². The van der Waals surface area contributed by atoms with Crippen molar-refractivity contribution < 1.29 is 14.3 Å². The molecule has 1 fully saturated rings. The molecule has 2 aromatic heterocycles. The smallest absolute Gasteiger partial charge is 0.242 e. The lowest BCUT2D eigenvalue weighted by molar-refractivity contribution is -0.133. The molecule has 0 spiro atoms. The summed E-state index contributed by atoms with van der Waals surface area (Å²) < 4.78 is 12.8. The van der Waals surface area contributed by atoms with Gasteiger partial charge in [0.25, 0.3) is 0 Å². The van der Waals surface area contributed by atoms with Crippen molar-refractivity contribution >= 4 is 33.4 Å². The van der Waals surface area contributed by atoms with E-state index in [-0.39, 0.29) is 12.5 Å². The second-order valence-corrected chi connectivity index (χ2v) is 8.35. The highest BCUT2D eigenvalue weighted by Gasteiger charge is 2.19. The van der Waals surface area contributed by atoms with Gasteiger partial charge in [-0.3, -0.25) is 9.48 Å². The van der Waals surface area contributed by atoms with Gasteiger partial charge in [-0.25, -0.2) is 0 Å². The van der Waals surface area contributed by atoms with Gasteiger partial charge >= 0.3 is 0 Å². The highest BCUT2D eigenvalue weighted by atomic mass is 16.5. The van der Waals surface area contributed by atoms with Crippen LogP contribution in [0.5, 0.6) is 5.75 Å². The maximum atomic E-state index is 12.6. The van der Waals surface area contributed by atoms with Gasteiger partial charge in [0.05, 0.1) is 44.7 Å². The van der Waals surface area contributed by atoms with E-state index in [1.165, 1.54) is 0 Å². The molecular weight excluding hydrogens is 432 g/mol. The Bertz CT molecular complexity index is 1410. The third-order valence-corrected chi connectivity index (χ3v) is 6.28. The molecular formula is C25H26N6O3. The number of nitrogens with one attached hydrogen (secondary N) is 2. The average Bonchev–Trinajstić information content (AvgIpc) is 3.52. The Labute approximate surface area is 196 Å². The van der Waals surface area contributed by atoms with Crippen LogP contribution in [0.15, 0.2) is 36.7 Å². The van der Waals surface area contributed by atoms with Crippen LogP contribution >= 0.6 is 0 Å². The van der Waals surface area contributed by atoms with E-state index in [9.17, 15) is 10.1 Å². The molecule has 0 radical (unpaired) electrons. The Balaban J connectivity index is 1.47. The molecule has 4 aromatic rings. The number of hydrogen-bond acceptors (Lipinski definition) is 6. The lowest BCUT2D eigenvalue weighted by Crippen LogP contribution is -2.43. The number of nitrogens with zero attached hydrogens (tertiary/aromatic N) is 4. The second-order valence-electron chi connectivity index (χ2n) is 8.35. The van der Waals surface area contributed by atoms with Gasteiger partial charge in [0.1, 0.15) is 17.3 Å². The van der Waals surface area contributed by atoms with Crippen LogP contribution in [0.1, 0.15) is 16.7 Å². The van der Waals surface area contributed by atoms with Crippen molar-refractivity contribution in [3.63, 3.8) is 0 Å². The first-order valence-electron chi connectivity index (χ1n) is 11.2. The number of aromatic amines is 1. The zero-order chi connectivity index (χ0) is 23.7. The number of morpholine rings is 1. The van der Waals surface area contributed by atoms with Crippen molar-refractivity contribution in [3.05, 3.63) is 53.3 Å². The largest absolute Gasteiger partial charge is 0.496 e. The molecule has 0 bridgehead atoms. The summed E-state index contributed by atoms with van der Waals surface area (Å²) in [5, 5.41) is 19.6. The summed E-state index contributed by atoms with van der Waals surface area (Å²) >= 11 is 0. The van der Waals surface area contributed by atoms with Gasteiger partial charge in [-0.05, 0) is 36.8 Å². The molecule has 3 heterocycles. The number of amides is 1. The van der Waals surface area contributed by atoms with Crippen LogP contribution in [-0.2, 0) is 16.1 Å². The predicted molar refractivity (Wildman–Crippen MR) is 129 cm³/mol. The summed E-state index contributed by atoms with van der Waals surface area (Å²) in [6, 6.07) is 9.92. The summed E-state index contributed by atoms with van der Waals surface area (Å²) in [6.07, 6.45) is 3.87. The Morgan fingerprint density at radius 3 is 2.91 bits per heavy atom. The highest BCUT2D eigenvalue weighted by Crippen LogP contribution is 2.32. The van der Waals surface area contributed by atoms with Gasteiger partial charge in [0.2, 0.25) is 5.91 Å². The molecule has 2 N–H and O–H groups in total. The van der Waals surface area contributed by atoms with Crippen LogP contribution in [-0.4, -0.2) is 65.5 Å². The van der Waals surface area contributed by atoms with Gasteiger partial charge in [0, 0.05) is 47.3 Å². The third kappa shape index (κ3) is 3.93. The lowest BCUT2D eigenvalue weighted by atomic mass is 10.0. The Hall–Kier alpha value is -4.03. The molecule has 1 amide bonds. The van der Waals surface area contributed by atoms with E-state index in [1.54, 1.807) is 18.1 Å². The van der Waals surface area contributed by atoms with Crippen molar-refractivity contribution in [3.8, 4) is 11.8 Å². The van der Waals surface area contributed by atoms with Crippen LogP contribution < -0.4 is 10.1 Å². The number of methoxy groups -OCH3 is 1. The Kier molecular flexibility index (Phi) is 5.82. The maximum absolute atomic E-state index is 12.6. The first-order chi connectivity index (χ1) is 16.6. The van der Waals surface area contributed by atoms with Gasteiger partial charge < -0.3 is 24.7 Å². The Morgan fingerprint density at radius 2 is 2.15 bits per heavy atom. The van der Waals surface area contributed by atoms with E-state index in [1.807, 2.05) is 42.2 Å². The molecule has 1 aliphatic rings. The van der Waals surface area contributed by atoms with Gasteiger partial charge in [-0.1, -0.05) is 0 Å². The van der Waals surface area contributed by atoms with Crippen LogP contribution in [0.4, 0.5) is 5.69 Å². The standard InChI is InChI=1S/C25H26N6O3/c1-16-11-21(33-2)20(19-5-6-27-23(16)19)15-31-14-18-4-3-17(12-26)24(25(18)29-31)28-13-22(32)30-7-9-34-10-8-30/h3-6,11,14,27-28H,7-10,13,15H2,1-2H3. The number of ether oxygens (including phenoxy) is 2. The molecule has 34 heavy (non-hydrogen) atoms. The van der Waals surface area contributed by atoms with E-state index in [2.05, 4.69) is 16.4 Å². The Morgan fingerprint density at radius 1 is 1.32 bits per heavy atom. The molecule has 0 atom stereocenters. The number of rotatable bonds is 6. The molecule has 0 unspecified atom stereocenters. The van der Waals surface area contributed by atoms with Crippen molar-refractivity contribution in [2.75, 3.05) is 45.3 Å². The normalized spacial score (nSPS) is 13.9. The molecule has 1 aliphatic heterocycles. The fourth-order valence-corrected chi connectivity index (χ4v) is 4.52. The second kappa shape index (κ2) is 9.08. The molecule has 9 nitrogen and oxygen atoms in total. The zero-order valence-electron chi connectivity index (χ0n) is 19.2. The van der Waals surface area contributed by atoms with Gasteiger partial charge in [-0.15, -0.1) is 0 Å². The van der Waals surface area contributed by atoms with E-state index >= 15 is 0 Å². The highest BCUT2D eigenvalue weighted by molar-refractivity contribution is 5.95. The number of nitriles is 1. The van der Waals surface area contributed by atoms with Crippen LogP contribution in [0.3, 0.4) is 0 Å². The van der Waals surface area contributed by atoms with E-state index in [0.29, 0.717) is 49.6 Å². The SMILES string of the molecule is COc1cc(C)c2[nH]ccc2c1Cn1cc2ccc(C#N)c(NCC(=O)N3CCOCC3)c2n1. The first kappa shape index (κ1) is 21.8. The number of carbonyl (C=O) groups is 1. The average molecular weight is 459 g/mol. The summed E-state index contributed by atoms with van der Waals surface area (Å²) in [6.45, 7) is 4.90. The summed E-state index contributed by atoms with van der Waals surface area (Å²) in [5.41, 5.74) is 4.89. The number of hydrogen-bond donors (Lipinski definition) is 2. The minimum atomic E-state index is -0.0251. The molecule has 5 rings (SSSR count).